The molecule has 21 heavy (non-hydrogen) atoms. The maximum Gasteiger partial charge on any atom is 0.433 e. The van der Waals surface area contributed by atoms with E-state index in [1.165, 1.54) is 12.1 Å². The zero-order valence-electron chi connectivity index (χ0n) is 10.1. The number of aromatic nitrogens is 1. The van der Waals surface area contributed by atoms with Crippen LogP contribution in [0.15, 0.2) is 30.3 Å². The summed E-state index contributed by atoms with van der Waals surface area (Å²) >= 11 is 5.54. The average molecular weight is 317 g/mol. The summed E-state index contributed by atoms with van der Waals surface area (Å²) in [4.78, 5) is 3.20. The van der Waals surface area contributed by atoms with E-state index in [-0.39, 0.29) is 10.6 Å². The quantitative estimate of drug-likeness (QED) is 0.763. The van der Waals surface area contributed by atoms with Crippen LogP contribution in [-0.4, -0.2) is 4.98 Å². The van der Waals surface area contributed by atoms with Gasteiger partial charge in [-0.3, -0.25) is 0 Å². The second-order valence-electron chi connectivity index (χ2n) is 3.81. The maximum absolute atomic E-state index is 13.7. The molecule has 0 fully saturated rings. The second-order valence-corrected chi connectivity index (χ2v) is 4.22. The van der Waals surface area contributed by atoms with Crippen LogP contribution in [0.25, 0.3) is 0 Å². The Kier molecular flexibility index (Phi) is 4.00. The predicted molar refractivity (Wildman–Crippen MR) is 65.4 cm³/mol. The first-order valence-electron chi connectivity index (χ1n) is 5.43. The third-order valence-corrected chi connectivity index (χ3v) is 2.69. The Bertz CT molecular complexity index is 725. The minimum Gasteiger partial charge on any atom is -0.435 e. The Balaban J connectivity index is 2.48. The van der Waals surface area contributed by atoms with Gasteiger partial charge >= 0.3 is 6.18 Å². The van der Waals surface area contributed by atoms with Crippen molar-refractivity contribution in [1.29, 1.82) is 5.26 Å². The van der Waals surface area contributed by atoms with Gasteiger partial charge in [-0.2, -0.15) is 18.4 Å². The summed E-state index contributed by atoms with van der Waals surface area (Å²) in [5.74, 6) is -2.03. The fourth-order valence-corrected chi connectivity index (χ4v) is 1.59. The van der Waals surface area contributed by atoms with Crippen molar-refractivity contribution in [3.8, 4) is 17.7 Å². The van der Waals surface area contributed by atoms with Gasteiger partial charge in [-0.1, -0.05) is 17.7 Å². The van der Waals surface area contributed by atoms with Gasteiger partial charge in [0.1, 0.15) is 17.3 Å². The van der Waals surface area contributed by atoms with Gasteiger partial charge in [-0.25, -0.2) is 9.37 Å². The van der Waals surface area contributed by atoms with E-state index in [0.717, 1.165) is 12.1 Å². The Morgan fingerprint density at radius 3 is 2.52 bits per heavy atom. The van der Waals surface area contributed by atoms with Crippen LogP contribution in [0.1, 0.15) is 11.3 Å². The predicted octanol–water partition coefficient (Wildman–Crippen LogP) is 4.56. The minimum absolute atomic E-state index is 0.262. The number of ether oxygens (including phenoxy) is 1. The molecular weight excluding hydrogens is 312 g/mol. The molecule has 0 saturated heterocycles. The highest BCUT2D eigenvalue weighted by Gasteiger charge is 2.33. The Hall–Kier alpha value is -2.33. The molecule has 108 valence electrons. The molecule has 0 unspecified atom stereocenters. The van der Waals surface area contributed by atoms with Gasteiger partial charge in [0.25, 0.3) is 0 Å². The first kappa shape index (κ1) is 15.1. The van der Waals surface area contributed by atoms with Gasteiger partial charge in [0.05, 0.1) is 5.02 Å². The van der Waals surface area contributed by atoms with Crippen molar-refractivity contribution in [2.24, 2.45) is 0 Å². The Labute approximate surface area is 121 Å². The first-order valence-corrected chi connectivity index (χ1v) is 5.81. The van der Waals surface area contributed by atoms with Crippen LogP contribution in [-0.2, 0) is 6.18 Å². The van der Waals surface area contributed by atoms with E-state index >= 15 is 0 Å². The van der Waals surface area contributed by atoms with Gasteiger partial charge in [0.15, 0.2) is 11.6 Å². The fourth-order valence-electron chi connectivity index (χ4n) is 1.43. The molecule has 2 aromatic rings. The smallest absolute Gasteiger partial charge is 0.433 e. The van der Waals surface area contributed by atoms with E-state index in [1.807, 2.05) is 0 Å². The Morgan fingerprint density at radius 1 is 1.19 bits per heavy atom. The third kappa shape index (κ3) is 3.23. The highest BCUT2D eigenvalue weighted by atomic mass is 35.5. The maximum atomic E-state index is 13.7. The van der Waals surface area contributed by atoms with Gasteiger partial charge in [-0.05, 0) is 24.3 Å². The first-order chi connectivity index (χ1) is 9.82. The number of rotatable bonds is 2. The molecule has 0 N–H and O–H groups in total. The van der Waals surface area contributed by atoms with E-state index in [4.69, 9.17) is 21.6 Å². The van der Waals surface area contributed by atoms with Crippen LogP contribution in [0.3, 0.4) is 0 Å². The van der Waals surface area contributed by atoms with Crippen LogP contribution in [0, 0.1) is 17.1 Å². The van der Waals surface area contributed by atoms with Crippen molar-refractivity contribution >= 4 is 11.6 Å². The van der Waals surface area contributed by atoms with E-state index in [1.54, 1.807) is 6.07 Å². The monoisotopic (exact) mass is 316 g/mol. The number of alkyl halides is 3. The van der Waals surface area contributed by atoms with Gasteiger partial charge < -0.3 is 4.74 Å². The number of pyridine rings is 1. The van der Waals surface area contributed by atoms with Crippen LogP contribution < -0.4 is 4.74 Å². The van der Waals surface area contributed by atoms with Crippen LogP contribution in [0.5, 0.6) is 11.6 Å². The van der Waals surface area contributed by atoms with Crippen molar-refractivity contribution < 1.29 is 22.3 Å². The number of nitrogens with zero attached hydrogens (tertiary/aromatic N) is 2. The minimum atomic E-state index is -4.71. The molecule has 0 aliphatic heterocycles. The summed E-state index contributed by atoms with van der Waals surface area (Å²) < 4.78 is 56.4. The summed E-state index contributed by atoms with van der Waals surface area (Å²) in [5, 5.41) is 8.58. The van der Waals surface area contributed by atoms with E-state index in [2.05, 4.69) is 4.98 Å². The van der Waals surface area contributed by atoms with Crippen molar-refractivity contribution in [1.82, 2.24) is 4.98 Å². The van der Waals surface area contributed by atoms with Crippen molar-refractivity contribution in [2.45, 2.75) is 6.18 Å². The molecule has 0 amide bonds. The standard InChI is InChI=1S/C13H5ClF4N2O/c14-8-2-1-3-9(11(8)15)21-12-7(6-19)4-5-10(20-12)13(16,17)18/h1-5H. The van der Waals surface area contributed by atoms with Crippen molar-refractivity contribution in [3.05, 3.63) is 52.4 Å². The zero-order chi connectivity index (χ0) is 15.6. The second kappa shape index (κ2) is 5.58. The number of benzene rings is 1. The molecule has 2 rings (SSSR count). The molecule has 1 aromatic carbocycles. The number of nitriles is 1. The third-order valence-electron chi connectivity index (χ3n) is 2.39. The van der Waals surface area contributed by atoms with Crippen LogP contribution >= 0.6 is 11.6 Å². The lowest BCUT2D eigenvalue weighted by Crippen LogP contribution is -2.09. The molecule has 0 atom stereocenters. The zero-order valence-corrected chi connectivity index (χ0v) is 10.8. The molecule has 0 radical (unpaired) electrons. The normalized spacial score (nSPS) is 11.0. The Morgan fingerprint density at radius 2 is 1.90 bits per heavy atom. The average Bonchev–Trinajstić information content (AvgIpc) is 2.43. The molecule has 0 bridgehead atoms. The summed E-state index contributed by atoms with van der Waals surface area (Å²) in [5.41, 5.74) is -1.51. The summed E-state index contributed by atoms with van der Waals surface area (Å²) in [6, 6.07) is 6.90. The topological polar surface area (TPSA) is 45.9 Å². The largest absolute Gasteiger partial charge is 0.435 e. The highest BCUT2D eigenvalue weighted by Crippen LogP contribution is 2.33. The lowest BCUT2D eigenvalue weighted by atomic mass is 10.2. The highest BCUT2D eigenvalue weighted by molar-refractivity contribution is 6.30. The van der Waals surface area contributed by atoms with Crippen LogP contribution in [0.2, 0.25) is 5.02 Å². The summed E-state index contributed by atoms with van der Waals surface area (Å²) in [6.07, 6.45) is -4.71. The number of hydrogen-bond donors (Lipinski definition) is 0. The van der Waals surface area contributed by atoms with Crippen molar-refractivity contribution in [3.63, 3.8) is 0 Å². The molecule has 0 aliphatic carbocycles. The number of hydrogen-bond acceptors (Lipinski definition) is 3. The summed E-state index contributed by atoms with van der Waals surface area (Å²) in [7, 11) is 0. The molecule has 0 aliphatic rings. The lowest BCUT2D eigenvalue weighted by Gasteiger charge is -2.11. The van der Waals surface area contributed by atoms with E-state index in [0.29, 0.717) is 6.07 Å². The molecule has 0 spiro atoms. The van der Waals surface area contributed by atoms with Crippen LogP contribution in [0.4, 0.5) is 17.6 Å². The fraction of sp³-hybridized carbons (Fsp3) is 0.0769. The molecule has 8 heteroatoms. The lowest BCUT2D eigenvalue weighted by molar-refractivity contribution is -0.141. The van der Waals surface area contributed by atoms with Gasteiger partial charge in [-0.15, -0.1) is 0 Å². The molecule has 0 saturated carbocycles. The van der Waals surface area contributed by atoms with Gasteiger partial charge in [0, 0.05) is 0 Å². The van der Waals surface area contributed by atoms with E-state index < -0.39 is 29.3 Å². The SMILES string of the molecule is N#Cc1ccc(C(F)(F)F)nc1Oc1cccc(Cl)c1F. The molecule has 1 aromatic heterocycles. The van der Waals surface area contributed by atoms with E-state index in [9.17, 15) is 17.6 Å². The van der Waals surface area contributed by atoms with Crippen molar-refractivity contribution in [2.75, 3.05) is 0 Å². The number of halogens is 5. The molecule has 1 heterocycles. The van der Waals surface area contributed by atoms with Gasteiger partial charge in [0.2, 0.25) is 5.88 Å². The molecular formula is C13H5ClF4N2O. The molecule has 3 nitrogen and oxygen atoms in total. The summed E-state index contributed by atoms with van der Waals surface area (Å²) in [6.45, 7) is 0.